The number of hydrogen-bond acceptors (Lipinski definition) is 3. The first-order valence-electron chi connectivity index (χ1n) is 9.89. The van der Waals surface area contributed by atoms with Gasteiger partial charge in [0, 0.05) is 12.1 Å². The lowest BCUT2D eigenvalue weighted by atomic mass is 9.88. The number of rotatable bonds is 5. The van der Waals surface area contributed by atoms with Crippen molar-refractivity contribution in [1.29, 1.82) is 0 Å². The minimum atomic E-state index is -0.292. The SMILES string of the molecule is Cc1ccc(CO)cc1NC(=O)c1ccc(Cc2c(C)c(C)c(C)c(C)c2C)o1. The molecule has 0 bridgehead atoms. The van der Waals surface area contributed by atoms with Crippen molar-refractivity contribution in [3.63, 3.8) is 0 Å². The maximum Gasteiger partial charge on any atom is 0.291 e. The van der Waals surface area contributed by atoms with Gasteiger partial charge in [0.15, 0.2) is 5.76 Å². The van der Waals surface area contributed by atoms with Crippen LogP contribution in [0.2, 0.25) is 0 Å². The maximum absolute atomic E-state index is 12.7. The Labute approximate surface area is 172 Å². The van der Waals surface area contributed by atoms with E-state index in [0.29, 0.717) is 12.1 Å². The lowest BCUT2D eigenvalue weighted by Crippen LogP contribution is -2.12. The zero-order valence-corrected chi connectivity index (χ0v) is 18.1. The standard InChI is InChI=1S/C25H29NO3/c1-14-7-8-20(13-27)11-23(14)26-25(28)24-10-9-21(29-24)12-22-18(5)16(3)15(2)17(4)19(22)6/h7-11,27H,12-13H2,1-6H3,(H,26,28). The number of furan rings is 1. The fraction of sp³-hybridized carbons (Fsp3) is 0.320. The average Bonchev–Trinajstić information content (AvgIpc) is 3.18. The molecule has 3 rings (SSSR count). The number of carbonyl (C=O) groups is 1. The summed E-state index contributed by atoms with van der Waals surface area (Å²) in [6, 6.07) is 9.08. The van der Waals surface area contributed by atoms with Gasteiger partial charge < -0.3 is 14.8 Å². The molecule has 1 amide bonds. The summed E-state index contributed by atoms with van der Waals surface area (Å²) in [6.07, 6.45) is 0.659. The van der Waals surface area contributed by atoms with Crippen LogP contribution in [0.15, 0.2) is 34.7 Å². The predicted molar refractivity (Wildman–Crippen MR) is 117 cm³/mol. The Morgan fingerprint density at radius 1 is 0.897 bits per heavy atom. The van der Waals surface area contributed by atoms with Gasteiger partial charge in [-0.05, 0) is 104 Å². The molecular weight excluding hydrogens is 362 g/mol. The van der Waals surface area contributed by atoms with Gasteiger partial charge in [-0.15, -0.1) is 0 Å². The third kappa shape index (κ3) is 4.13. The first kappa shape index (κ1) is 20.9. The van der Waals surface area contributed by atoms with E-state index in [2.05, 4.69) is 39.9 Å². The molecule has 0 saturated heterocycles. The van der Waals surface area contributed by atoms with E-state index in [1.807, 2.05) is 25.1 Å². The molecule has 0 unspecified atom stereocenters. The largest absolute Gasteiger partial charge is 0.456 e. The number of nitrogens with one attached hydrogen (secondary N) is 1. The number of carbonyl (C=O) groups excluding carboxylic acids is 1. The molecule has 0 fully saturated rings. The van der Waals surface area contributed by atoms with Gasteiger partial charge in [0.2, 0.25) is 0 Å². The number of aryl methyl sites for hydroxylation is 1. The van der Waals surface area contributed by atoms with Gasteiger partial charge in [-0.2, -0.15) is 0 Å². The zero-order valence-electron chi connectivity index (χ0n) is 18.1. The molecule has 0 aliphatic carbocycles. The lowest BCUT2D eigenvalue weighted by molar-refractivity contribution is 0.0995. The van der Waals surface area contributed by atoms with Crippen molar-refractivity contribution in [2.75, 3.05) is 5.32 Å². The number of hydrogen-bond donors (Lipinski definition) is 2. The molecule has 0 aliphatic rings. The molecule has 0 spiro atoms. The summed E-state index contributed by atoms with van der Waals surface area (Å²) in [4.78, 5) is 12.7. The Morgan fingerprint density at radius 2 is 1.52 bits per heavy atom. The second kappa shape index (κ2) is 8.26. The van der Waals surface area contributed by atoms with Crippen LogP contribution in [0.5, 0.6) is 0 Å². The van der Waals surface area contributed by atoms with Crippen LogP contribution in [-0.2, 0) is 13.0 Å². The van der Waals surface area contributed by atoms with Crippen molar-refractivity contribution in [3.05, 3.63) is 86.4 Å². The van der Waals surface area contributed by atoms with Crippen molar-refractivity contribution >= 4 is 11.6 Å². The molecule has 0 aliphatic heterocycles. The van der Waals surface area contributed by atoms with E-state index in [1.54, 1.807) is 12.1 Å². The zero-order chi connectivity index (χ0) is 21.3. The molecule has 29 heavy (non-hydrogen) atoms. The molecule has 0 radical (unpaired) electrons. The van der Waals surface area contributed by atoms with Gasteiger partial charge in [0.1, 0.15) is 5.76 Å². The van der Waals surface area contributed by atoms with Crippen LogP contribution in [0.25, 0.3) is 0 Å². The highest BCUT2D eigenvalue weighted by Gasteiger charge is 2.17. The molecule has 2 aromatic carbocycles. The van der Waals surface area contributed by atoms with E-state index in [0.717, 1.165) is 16.9 Å². The fourth-order valence-corrected chi connectivity index (χ4v) is 3.70. The highest BCUT2D eigenvalue weighted by atomic mass is 16.3. The number of aliphatic hydroxyl groups excluding tert-OH is 1. The molecular formula is C25H29NO3. The Morgan fingerprint density at radius 3 is 2.14 bits per heavy atom. The second-order valence-corrected chi connectivity index (χ2v) is 7.81. The van der Waals surface area contributed by atoms with E-state index >= 15 is 0 Å². The van der Waals surface area contributed by atoms with Crippen molar-refractivity contribution < 1.29 is 14.3 Å². The Bertz CT molecular complexity index is 1050. The van der Waals surface area contributed by atoms with E-state index in [4.69, 9.17) is 4.42 Å². The van der Waals surface area contributed by atoms with Crippen LogP contribution in [0, 0.1) is 41.5 Å². The third-order valence-corrected chi connectivity index (χ3v) is 6.12. The summed E-state index contributed by atoms with van der Waals surface area (Å²) in [7, 11) is 0. The van der Waals surface area contributed by atoms with Crippen molar-refractivity contribution in [2.45, 2.75) is 54.6 Å². The minimum Gasteiger partial charge on any atom is -0.456 e. The monoisotopic (exact) mass is 391 g/mol. The molecule has 4 nitrogen and oxygen atoms in total. The molecule has 0 saturated carbocycles. The van der Waals surface area contributed by atoms with Crippen molar-refractivity contribution in [1.82, 2.24) is 0 Å². The smallest absolute Gasteiger partial charge is 0.291 e. The highest BCUT2D eigenvalue weighted by Crippen LogP contribution is 2.28. The van der Waals surface area contributed by atoms with Gasteiger partial charge in [-0.1, -0.05) is 12.1 Å². The van der Waals surface area contributed by atoms with E-state index in [9.17, 15) is 9.90 Å². The number of anilines is 1. The van der Waals surface area contributed by atoms with Crippen LogP contribution in [0.1, 0.15) is 60.8 Å². The lowest BCUT2D eigenvalue weighted by Gasteiger charge is -2.18. The van der Waals surface area contributed by atoms with Gasteiger partial charge >= 0.3 is 0 Å². The minimum absolute atomic E-state index is 0.0673. The summed E-state index contributed by atoms with van der Waals surface area (Å²) >= 11 is 0. The maximum atomic E-state index is 12.7. The number of aliphatic hydroxyl groups is 1. The topological polar surface area (TPSA) is 62.5 Å². The van der Waals surface area contributed by atoms with E-state index < -0.39 is 0 Å². The summed E-state index contributed by atoms with van der Waals surface area (Å²) in [5.41, 5.74) is 10.1. The van der Waals surface area contributed by atoms with Gasteiger partial charge in [-0.3, -0.25) is 4.79 Å². The Hall–Kier alpha value is -2.85. The van der Waals surface area contributed by atoms with Crippen LogP contribution in [-0.4, -0.2) is 11.0 Å². The fourth-order valence-electron chi connectivity index (χ4n) is 3.70. The second-order valence-electron chi connectivity index (χ2n) is 7.81. The molecule has 152 valence electrons. The molecule has 0 atom stereocenters. The molecule has 4 heteroatoms. The van der Waals surface area contributed by atoms with Crippen LogP contribution >= 0.6 is 0 Å². The van der Waals surface area contributed by atoms with Crippen molar-refractivity contribution in [2.24, 2.45) is 0 Å². The van der Waals surface area contributed by atoms with E-state index in [-0.39, 0.29) is 18.3 Å². The van der Waals surface area contributed by atoms with Gasteiger partial charge in [0.25, 0.3) is 5.91 Å². The van der Waals surface area contributed by atoms with Crippen LogP contribution in [0.4, 0.5) is 5.69 Å². The normalized spacial score (nSPS) is 11.0. The number of benzene rings is 2. The summed E-state index contributed by atoms with van der Waals surface area (Å²) in [5, 5.41) is 12.2. The van der Waals surface area contributed by atoms with Crippen LogP contribution in [0.3, 0.4) is 0 Å². The third-order valence-electron chi connectivity index (χ3n) is 6.12. The quantitative estimate of drug-likeness (QED) is 0.606. The van der Waals surface area contributed by atoms with Crippen LogP contribution < -0.4 is 5.32 Å². The predicted octanol–water partition coefficient (Wildman–Crippen LogP) is 5.47. The average molecular weight is 392 g/mol. The summed E-state index contributed by atoms with van der Waals surface area (Å²) in [6.45, 7) is 12.6. The number of amides is 1. The highest BCUT2D eigenvalue weighted by molar-refractivity contribution is 6.02. The molecule has 1 heterocycles. The van der Waals surface area contributed by atoms with Gasteiger partial charge in [-0.25, -0.2) is 0 Å². The van der Waals surface area contributed by atoms with E-state index in [1.165, 1.54) is 33.4 Å². The first-order valence-corrected chi connectivity index (χ1v) is 9.89. The molecule has 1 aromatic heterocycles. The summed E-state index contributed by atoms with van der Waals surface area (Å²) in [5.74, 6) is 0.758. The summed E-state index contributed by atoms with van der Waals surface area (Å²) < 4.78 is 5.88. The first-order chi connectivity index (χ1) is 13.7. The Balaban J connectivity index is 1.83. The Kier molecular flexibility index (Phi) is 5.94. The molecule has 3 aromatic rings. The molecule has 2 N–H and O–H groups in total. The van der Waals surface area contributed by atoms with Gasteiger partial charge in [0.05, 0.1) is 6.61 Å². The van der Waals surface area contributed by atoms with Crippen molar-refractivity contribution in [3.8, 4) is 0 Å².